The highest BCUT2D eigenvalue weighted by Gasteiger charge is 2.50. The van der Waals surface area contributed by atoms with E-state index in [1.165, 1.54) is 14.2 Å². The molecule has 1 aliphatic heterocycles. The van der Waals surface area contributed by atoms with Crippen molar-refractivity contribution in [2.75, 3.05) is 14.2 Å². The van der Waals surface area contributed by atoms with Crippen LogP contribution in [0.15, 0.2) is 42.5 Å². The van der Waals surface area contributed by atoms with Crippen molar-refractivity contribution in [3.8, 4) is 11.5 Å². The number of ether oxygens (including phenoxy) is 2. The number of nitrogens with two attached hydrogens (primary N) is 1. The molecule has 146 valence electrons. The van der Waals surface area contributed by atoms with Gasteiger partial charge in [0.25, 0.3) is 11.8 Å². The predicted octanol–water partition coefficient (Wildman–Crippen LogP) is 2.48. The zero-order valence-electron chi connectivity index (χ0n) is 16.0. The van der Waals surface area contributed by atoms with E-state index < -0.39 is 23.3 Å². The maximum absolute atomic E-state index is 13.1. The molecule has 0 saturated carbocycles. The van der Waals surface area contributed by atoms with Crippen LogP contribution in [0.25, 0.3) is 0 Å². The zero-order valence-corrected chi connectivity index (χ0v) is 16.0. The smallest absolute Gasteiger partial charge is 0.262 e. The summed E-state index contributed by atoms with van der Waals surface area (Å²) in [6, 6.07) is 11.7. The van der Waals surface area contributed by atoms with Crippen LogP contribution in [0.4, 0.5) is 0 Å². The average molecular weight is 382 g/mol. The number of amides is 3. The fourth-order valence-corrected chi connectivity index (χ4v) is 3.79. The summed E-state index contributed by atoms with van der Waals surface area (Å²) in [5.41, 5.74) is 5.50. The Labute approximate surface area is 163 Å². The van der Waals surface area contributed by atoms with Crippen molar-refractivity contribution < 1.29 is 23.9 Å². The van der Waals surface area contributed by atoms with Crippen LogP contribution in [0.3, 0.4) is 0 Å². The first kappa shape index (κ1) is 19.4. The highest BCUT2D eigenvalue weighted by atomic mass is 16.5. The van der Waals surface area contributed by atoms with E-state index in [1.807, 2.05) is 6.92 Å². The van der Waals surface area contributed by atoms with Gasteiger partial charge in [0, 0.05) is 0 Å². The maximum Gasteiger partial charge on any atom is 0.262 e. The molecule has 28 heavy (non-hydrogen) atoms. The Balaban J connectivity index is 2.21. The molecule has 0 aliphatic carbocycles. The van der Waals surface area contributed by atoms with Crippen LogP contribution in [0.5, 0.6) is 11.5 Å². The third kappa shape index (κ3) is 2.89. The normalized spacial score (nSPS) is 15.2. The number of primary amides is 1. The Morgan fingerprint density at radius 1 is 1.00 bits per heavy atom. The van der Waals surface area contributed by atoms with Gasteiger partial charge in [0.15, 0.2) is 11.5 Å². The number of nitrogens with zero attached hydrogens (tertiary/aromatic N) is 1. The van der Waals surface area contributed by atoms with Crippen LogP contribution >= 0.6 is 0 Å². The van der Waals surface area contributed by atoms with Crippen LogP contribution in [-0.2, 0) is 10.3 Å². The molecule has 2 N–H and O–H groups in total. The van der Waals surface area contributed by atoms with Gasteiger partial charge in [-0.05, 0) is 36.2 Å². The van der Waals surface area contributed by atoms with Gasteiger partial charge in [-0.15, -0.1) is 0 Å². The van der Waals surface area contributed by atoms with Crippen molar-refractivity contribution in [3.05, 3.63) is 59.2 Å². The molecule has 3 amide bonds. The van der Waals surface area contributed by atoms with E-state index in [9.17, 15) is 14.4 Å². The highest BCUT2D eigenvalue weighted by molar-refractivity contribution is 6.22. The molecule has 0 spiro atoms. The summed E-state index contributed by atoms with van der Waals surface area (Å²) >= 11 is 0. The summed E-state index contributed by atoms with van der Waals surface area (Å²) in [6.45, 7) is 1.81. The number of benzene rings is 2. The molecule has 3 rings (SSSR count). The lowest BCUT2D eigenvalue weighted by molar-refractivity contribution is -0.120. The SMILES string of the molecule is CCC(CC(N)=O)(c1ccc(OC)c(OC)c1)N1C(=O)c2ccccc2C1=O. The second-order valence-electron chi connectivity index (χ2n) is 6.59. The van der Waals surface area contributed by atoms with Gasteiger partial charge in [-0.3, -0.25) is 19.3 Å². The quantitative estimate of drug-likeness (QED) is 0.742. The number of rotatable bonds is 7. The van der Waals surface area contributed by atoms with E-state index >= 15 is 0 Å². The van der Waals surface area contributed by atoms with Crippen molar-refractivity contribution in [1.29, 1.82) is 0 Å². The van der Waals surface area contributed by atoms with Crippen LogP contribution in [-0.4, -0.2) is 36.8 Å². The molecule has 7 heteroatoms. The number of hydrogen-bond donors (Lipinski definition) is 1. The Morgan fingerprint density at radius 2 is 1.57 bits per heavy atom. The van der Waals surface area contributed by atoms with E-state index in [-0.39, 0.29) is 6.42 Å². The number of hydrogen-bond acceptors (Lipinski definition) is 5. The molecule has 1 aliphatic rings. The van der Waals surface area contributed by atoms with Crippen molar-refractivity contribution in [2.24, 2.45) is 5.73 Å². The molecule has 0 bridgehead atoms. The van der Waals surface area contributed by atoms with Crippen LogP contribution in [0.2, 0.25) is 0 Å². The Bertz CT molecular complexity index is 921. The standard InChI is InChI=1S/C21H22N2O5/c1-4-21(12-18(22)24,13-9-10-16(27-2)17(11-13)28-3)23-19(25)14-7-5-6-8-15(14)20(23)26/h5-11H,4,12H2,1-3H3,(H2,22,24). The summed E-state index contributed by atoms with van der Waals surface area (Å²) in [6.07, 6.45) is 0.0986. The summed E-state index contributed by atoms with van der Waals surface area (Å²) in [7, 11) is 3.00. The molecule has 0 saturated heterocycles. The number of methoxy groups -OCH3 is 2. The van der Waals surface area contributed by atoms with Crippen LogP contribution in [0.1, 0.15) is 46.0 Å². The van der Waals surface area contributed by atoms with Crippen molar-refractivity contribution in [2.45, 2.75) is 25.3 Å². The van der Waals surface area contributed by atoms with E-state index in [1.54, 1.807) is 42.5 Å². The van der Waals surface area contributed by atoms with Crippen molar-refractivity contribution in [3.63, 3.8) is 0 Å². The third-order valence-electron chi connectivity index (χ3n) is 5.19. The molecule has 0 aromatic heterocycles. The number of carbonyl (C=O) groups excluding carboxylic acids is 3. The van der Waals surface area contributed by atoms with Gasteiger partial charge < -0.3 is 15.2 Å². The Hall–Kier alpha value is -3.35. The molecule has 7 nitrogen and oxygen atoms in total. The molecular formula is C21H22N2O5. The number of imide groups is 1. The average Bonchev–Trinajstić information content (AvgIpc) is 2.96. The monoisotopic (exact) mass is 382 g/mol. The fraction of sp³-hybridized carbons (Fsp3) is 0.286. The largest absolute Gasteiger partial charge is 0.493 e. The lowest BCUT2D eigenvalue weighted by Crippen LogP contribution is -2.51. The molecule has 2 aromatic carbocycles. The molecule has 1 atom stereocenters. The summed E-state index contributed by atoms with van der Waals surface area (Å²) in [5.74, 6) is -0.582. The molecule has 1 unspecified atom stereocenters. The Kier molecular flexibility index (Phi) is 5.09. The zero-order chi connectivity index (χ0) is 20.5. The summed E-state index contributed by atoms with van der Waals surface area (Å²) in [5, 5.41) is 0. The first-order chi connectivity index (χ1) is 13.4. The van der Waals surface area contributed by atoms with Gasteiger partial charge in [-0.25, -0.2) is 0 Å². The van der Waals surface area contributed by atoms with Gasteiger partial charge in [0.2, 0.25) is 5.91 Å². The Morgan fingerprint density at radius 3 is 2.04 bits per heavy atom. The van der Waals surface area contributed by atoms with E-state index in [4.69, 9.17) is 15.2 Å². The second kappa shape index (κ2) is 7.34. The van der Waals surface area contributed by atoms with Crippen LogP contribution in [0, 0.1) is 0 Å². The van der Waals surface area contributed by atoms with E-state index in [0.29, 0.717) is 34.6 Å². The molecule has 2 aromatic rings. The molecule has 0 fully saturated rings. The minimum absolute atomic E-state index is 0.204. The topological polar surface area (TPSA) is 98.9 Å². The van der Waals surface area contributed by atoms with Gasteiger partial charge in [0.1, 0.15) is 0 Å². The van der Waals surface area contributed by atoms with Gasteiger partial charge in [0.05, 0.1) is 37.3 Å². The lowest BCUT2D eigenvalue weighted by Gasteiger charge is -2.40. The van der Waals surface area contributed by atoms with Gasteiger partial charge in [-0.1, -0.05) is 25.1 Å². The van der Waals surface area contributed by atoms with Gasteiger partial charge >= 0.3 is 0 Å². The predicted molar refractivity (Wildman–Crippen MR) is 102 cm³/mol. The minimum atomic E-state index is -1.24. The molecular weight excluding hydrogens is 360 g/mol. The summed E-state index contributed by atoms with van der Waals surface area (Å²) < 4.78 is 10.6. The third-order valence-corrected chi connectivity index (χ3v) is 5.19. The summed E-state index contributed by atoms with van der Waals surface area (Å²) in [4.78, 5) is 39.4. The van der Waals surface area contributed by atoms with Crippen molar-refractivity contribution >= 4 is 17.7 Å². The highest BCUT2D eigenvalue weighted by Crippen LogP contribution is 2.43. The van der Waals surface area contributed by atoms with Gasteiger partial charge in [-0.2, -0.15) is 0 Å². The maximum atomic E-state index is 13.1. The first-order valence-corrected chi connectivity index (χ1v) is 8.88. The number of fused-ring (bicyclic) bond motifs is 1. The first-order valence-electron chi connectivity index (χ1n) is 8.88. The molecule has 0 radical (unpaired) electrons. The van der Waals surface area contributed by atoms with Crippen LogP contribution < -0.4 is 15.2 Å². The van der Waals surface area contributed by atoms with Crippen molar-refractivity contribution in [1.82, 2.24) is 4.90 Å². The van der Waals surface area contributed by atoms with E-state index in [2.05, 4.69) is 0 Å². The van der Waals surface area contributed by atoms with E-state index in [0.717, 1.165) is 4.90 Å². The number of carbonyl (C=O) groups is 3. The lowest BCUT2D eigenvalue weighted by atomic mass is 9.81. The minimum Gasteiger partial charge on any atom is -0.493 e. The second-order valence-corrected chi connectivity index (χ2v) is 6.59. The molecule has 1 heterocycles. The fourth-order valence-electron chi connectivity index (χ4n) is 3.79.